The molecule has 2 fully saturated rings. The molecule has 0 radical (unpaired) electrons. The van der Waals surface area contributed by atoms with E-state index in [4.69, 9.17) is 0 Å². The highest BCUT2D eigenvalue weighted by atomic mass is 16.2. The minimum absolute atomic E-state index is 0.286. The Morgan fingerprint density at radius 1 is 1.32 bits per heavy atom. The number of hydrogen-bond donors (Lipinski definition) is 1. The van der Waals surface area contributed by atoms with Crippen molar-refractivity contribution in [1.82, 2.24) is 15.1 Å². The van der Waals surface area contributed by atoms with Crippen molar-refractivity contribution in [2.75, 3.05) is 39.3 Å². The number of rotatable bonds is 3. The standard InChI is InChI=1S/C15H29N3O/c1-15(2,3)6-9-17-8-4-5-13(12-17)18-10-7-16-11-14(18)19/h13,16H,4-12H2,1-3H3. The fourth-order valence-electron chi connectivity index (χ4n) is 2.99. The summed E-state index contributed by atoms with van der Waals surface area (Å²) in [5.41, 5.74) is 0.401. The lowest BCUT2D eigenvalue weighted by Gasteiger charge is -2.41. The first-order chi connectivity index (χ1) is 8.96. The van der Waals surface area contributed by atoms with Crippen LogP contribution in [0.5, 0.6) is 0 Å². The van der Waals surface area contributed by atoms with Crippen molar-refractivity contribution in [2.24, 2.45) is 5.41 Å². The number of hydrogen-bond acceptors (Lipinski definition) is 3. The smallest absolute Gasteiger partial charge is 0.236 e. The Morgan fingerprint density at radius 3 is 2.79 bits per heavy atom. The lowest BCUT2D eigenvalue weighted by Crippen LogP contribution is -2.57. The first-order valence-corrected chi connectivity index (χ1v) is 7.68. The number of piperidine rings is 1. The minimum atomic E-state index is 0.286. The van der Waals surface area contributed by atoms with Crippen LogP contribution in [0.1, 0.15) is 40.0 Å². The summed E-state index contributed by atoms with van der Waals surface area (Å²) in [6, 6.07) is 0.448. The molecule has 0 aromatic carbocycles. The predicted molar refractivity (Wildman–Crippen MR) is 78.1 cm³/mol. The Bertz CT molecular complexity index is 311. The summed E-state index contributed by atoms with van der Waals surface area (Å²) < 4.78 is 0. The summed E-state index contributed by atoms with van der Waals surface area (Å²) in [6.07, 6.45) is 3.64. The van der Waals surface area contributed by atoms with E-state index in [0.29, 0.717) is 18.0 Å². The van der Waals surface area contributed by atoms with Gasteiger partial charge in [0.25, 0.3) is 0 Å². The third-order valence-electron chi connectivity index (χ3n) is 4.23. The zero-order valence-electron chi connectivity index (χ0n) is 12.7. The number of amides is 1. The van der Waals surface area contributed by atoms with Crippen molar-refractivity contribution in [3.05, 3.63) is 0 Å². The van der Waals surface area contributed by atoms with Crippen LogP contribution in [0.3, 0.4) is 0 Å². The minimum Gasteiger partial charge on any atom is -0.336 e. The Kier molecular flexibility index (Phi) is 4.85. The highest BCUT2D eigenvalue weighted by Crippen LogP contribution is 2.22. The SMILES string of the molecule is CC(C)(C)CCN1CCCC(N2CCNCC2=O)C1. The van der Waals surface area contributed by atoms with Crippen LogP contribution >= 0.6 is 0 Å². The predicted octanol–water partition coefficient (Wildman–Crippen LogP) is 1.32. The van der Waals surface area contributed by atoms with Gasteiger partial charge in [-0.2, -0.15) is 0 Å². The van der Waals surface area contributed by atoms with Crippen LogP contribution in [0.2, 0.25) is 0 Å². The summed E-state index contributed by atoms with van der Waals surface area (Å²) >= 11 is 0. The van der Waals surface area contributed by atoms with E-state index in [1.165, 1.54) is 32.4 Å². The lowest BCUT2D eigenvalue weighted by molar-refractivity contribution is -0.135. The maximum Gasteiger partial charge on any atom is 0.236 e. The largest absolute Gasteiger partial charge is 0.336 e. The second-order valence-electron chi connectivity index (χ2n) is 7.17. The number of carbonyl (C=O) groups excluding carboxylic acids is 1. The number of piperazine rings is 1. The second-order valence-corrected chi connectivity index (χ2v) is 7.17. The molecular formula is C15H29N3O. The summed E-state index contributed by atoms with van der Waals surface area (Å²) in [5, 5.41) is 3.16. The third kappa shape index (κ3) is 4.46. The molecule has 1 amide bonds. The zero-order valence-corrected chi connectivity index (χ0v) is 12.7. The molecule has 0 aromatic rings. The normalized spacial score (nSPS) is 26.8. The van der Waals surface area contributed by atoms with Gasteiger partial charge < -0.3 is 15.1 Å². The summed E-state index contributed by atoms with van der Waals surface area (Å²) in [4.78, 5) is 16.6. The molecule has 2 aliphatic heterocycles. The maximum absolute atomic E-state index is 12.0. The van der Waals surface area contributed by atoms with Crippen molar-refractivity contribution in [3.8, 4) is 0 Å². The molecule has 0 aliphatic carbocycles. The molecule has 19 heavy (non-hydrogen) atoms. The molecule has 0 spiro atoms. The van der Waals surface area contributed by atoms with Gasteiger partial charge in [0.1, 0.15) is 0 Å². The number of carbonyl (C=O) groups is 1. The van der Waals surface area contributed by atoms with Crippen LogP contribution in [-0.4, -0.2) is 61.0 Å². The average Bonchev–Trinajstić information content (AvgIpc) is 2.36. The molecule has 1 N–H and O–H groups in total. The van der Waals surface area contributed by atoms with Crippen LogP contribution < -0.4 is 5.32 Å². The molecule has 2 heterocycles. The molecule has 1 atom stereocenters. The van der Waals surface area contributed by atoms with Gasteiger partial charge in [-0.15, -0.1) is 0 Å². The molecule has 4 nitrogen and oxygen atoms in total. The molecule has 0 aromatic heterocycles. The van der Waals surface area contributed by atoms with E-state index in [1.807, 2.05) is 0 Å². The first kappa shape index (κ1) is 14.8. The highest BCUT2D eigenvalue weighted by Gasteiger charge is 2.30. The molecule has 2 rings (SSSR count). The van der Waals surface area contributed by atoms with Crippen molar-refractivity contribution in [2.45, 2.75) is 46.1 Å². The molecule has 110 valence electrons. The van der Waals surface area contributed by atoms with Crippen molar-refractivity contribution < 1.29 is 4.79 Å². The van der Waals surface area contributed by atoms with E-state index in [1.54, 1.807) is 0 Å². The summed E-state index contributed by atoms with van der Waals surface area (Å²) in [6.45, 7) is 12.7. The average molecular weight is 267 g/mol. The Balaban J connectivity index is 1.84. The summed E-state index contributed by atoms with van der Waals surface area (Å²) in [7, 11) is 0. The van der Waals surface area contributed by atoms with E-state index in [2.05, 4.69) is 35.9 Å². The van der Waals surface area contributed by atoms with Crippen molar-refractivity contribution in [3.63, 3.8) is 0 Å². The number of nitrogens with one attached hydrogen (secondary N) is 1. The Hall–Kier alpha value is -0.610. The third-order valence-corrected chi connectivity index (χ3v) is 4.23. The lowest BCUT2D eigenvalue weighted by atomic mass is 9.91. The van der Waals surface area contributed by atoms with Gasteiger partial charge in [0.05, 0.1) is 6.54 Å². The fourth-order valence-corrected chi connectivity index (χ4v) is 2.99. The van der Waals surface area contributed by atoms with E-state index >= 15 is 0 Å². The summed E-state index contributed by atoms with van der Waals surface area (Å²) in [5.74, 6) is 0.286. The van der Waals surface area contributed by atoms with Crippen LogP contribution in [0, 0.1) is 5.41 Å². The van der Waals surface area contributed by atoms with Gasteiger partial charge in [-0.1, -0.05) is 20.8 Å². The monoisotopic (exact) mass is 267 g/mol. The van der Waals surface area contributed by atoms with Gasteiger partial charge in [0.2, 0.25) is 5.91 Å². The van der Waals surface area contributed by atoms with Gasteiger partial charge in [0, 0.05) is 25.7 Å². The maximum atomic E-state index is 12.0. The van der Waals surface area contributed by atoms with Gasteiger partial charge in [0.15, 0.2) is 0 Å². The van der Waals surface area contributed by atoms with Gasteiger partial charge in [-0.25, -0.2) is 0 Å². The van der Waals surface area contributed by atoms with Crippen LogP contribution in [-0.2, 0) is 4.79 Å². The molecule has 0 saturated carbocycles. The van der Waals surface area contributed by atoms with Crippen LogP contribution in [0.15, 0.2) is 0 Å². The number of likely N-dealkylation sites (tertiary alicyclic amines) is 1. The fraction of sp³-hybridized carbons (Fsp3) is 0.933. The first-order valence-electron chi connectivity index (χ1n) is 7.68. The molecule has 2 saturated heterocycles. The molecular weight excluding hydrogens is 238 g/mol. The molecule has 0 bridgehead atoms. The Labute approximate surface area is 117 Å². The van der Waals surface area contributed by atoms with Crippen molar-refractivity contribution in [1.29, 1.82) is 0 Å². The van der Waals surface area contributed by atoms with Crippen molar-refractivity contribution >= 4 is 5.91 Å². The van der Waals surface area contributed by atoms with E-state index < -0.39 is 0 Å². The second kappa shape index (κ2) is 6.23. The van der Waals surface area contributed by atoms with E-state index in [9.17, 15) is 4.79 Å². The quantitative estimate of drug-likeness (QED) is 0.838. The van der Waals surface area contributed by atoms with E-state index in [0.717, 1.165) is 19.6 Å². The van der Waals surface area contributed by atoms with Gasteiger partial charge in [-0.05, 0) is 37.8 Å². The Morgan fingerprint density at radius 2 is 2.11 bits per heavy atom. The zero-order chi connectivity index (χ0) is 13.9. The molecule has 2 aliphatic rings. The number of nitrogens with zero attached hydrogens (tertiary/aromatic N) is 2. The molecule has 4 heteroatoms. The van der Waals surface area contributed by atoms with Crippen LogP contribution in [0.4, 0.5) is 0 Å². The highest BCUT2D eigenvalue weighted by molar-refractivity contribution is 5.79. The van der Waals surface area contributed by atoms with Gasteiger partial charge in [-0.3, -0.25) is 4.79 Å². The van der Waals surface area contributed by atoms with E-state index in [-0.39, 0.29) is 5.91 Å². The van der Waals surface area contributed by atoms with Crippen LogP contribution in [0.25, 0.3) is 0 Å². The molecule has 1 unspecified atom stereocenters. The van der Waals surface area contributed by atoms with Gasteiger partial charge >= 0.3 is 0 Å². The topological polar surface area (TPSA) is 35.6 Å².